The van der Waals surface area contributed by atoms with E-state index in [1.165, 1.54) is 0 Å². The highest BCUT2D eigenvalue weighted by molar-refractivity contribution is 6.41. The SMILES string of the molecule is CC(C)C(=O)NCc1ccccc1.O=C(C(=O)C(F)(F)F)C(F)(F)F. The van der Waals surface area contributed by atoms with E-state index in [1.807, 2.05) is 44.2 Å². The zero-order chi connectivity index (χ0) is 19.8. The number of hydrogen-bond acceptors (Lipinski definition) is 3. The fourth-order valence-electron chi connectivity index (χ4n) is 1.25. The van der Waals surface area contributed by atoms with Gasteiger partial charge in [-0.2, -0.15) is 26.3 Å². The minimum atomic E-state index is -5.77. The van der Waals surface area contributed by atoms with E-state index in [-0.39, 0.29) is 11.8 Å². The highest BCUT2D eigenvalue weighted by Crippen LogP contribution is 2.23. The summed E-state index contributed by atoms with van der Waals surface area (Å²) in [6.07, 6.45) is -11.5. The maximum absolute atomic E-state index is 11.2. The fourth-order valence-corrected chi connectivity index (χ4v) is 1.25. The second-order valence-corrected chi connectivity index (χ2v) is 5.01. The largest absolute Gasteiger partial charge is 0.458 e. The van der Waals surface area contributed by atoms with Crippen molar-refractivity contribution in [3.05, 3.63) is 35.9 Å². The van der Waals surface area contributed by atoms with E-state index in [2.05, 4.69) is 5.32 Å². The first-order valence-electron chi connectivity index (χ1n) is 6.81. The lowest BCUT2D eigenvalue weighted by molar-refractivity contribution is -0.193. The minimum absolute atomic E-state index is 0.0590. The number of halogens is 6. The van der Waals surface area contributed by atoms with Crippen LogP contribution in [0.4, 0.5) is 26.3 Å². The van der Waals surface area contributed by atoms with Gasteiger partial charge in [-0.05, 0) is 5.56 Å². The number of alkyl halides is 6. The molecule has 1 aromatic carbocycles. The van der Waals surface area contributed by atoms with Crippen LogP contribution in [0, 0.1) is 5.92 Å². The van der Waals surface area contributed by atoms with Crippen LogP contribution >= 0.6 is 0 Å². The predicted octanol–water partition coefficient (Wildman–Crippen LogP) is 3.21. The summed E-state index contributed by atoms with van der Waals surface area (Å²) >= 11 is 0. The van der Waals surface area contributed by atoms with E-state index in [0.717, 1.165) is 5.56 Å². The topological polar surface area (TPSA) is 63.2 Å². The Balaban J connectivity index is 0.000000463. The van der Waals surface area contributed by atoms with Gasteiger partial charge in [-0.1, -0.05) is 44.2 Å². The van der Waals surface area contributed by atoms with Gasteiger partial charge in [0.2, 0.25) is 5.91 Å². The Labute approximate surface area is 139 Å². The Hall–Kier alpha value is -2.39. The lowest BCUT2D eigenvalue weighted by Crippen LogP contribution is -2.39. The summed E-state index contributed by atoms with van der Waals surface area (Å²) in [4.78, 5) is 30.4. The van der Waals surface area contributed by atoms with Crippen LogP contribution in [0.25, 0.3) is 0 Å². The smallest absolute Gasteiger partial charge is 0.352 e. The van der Waals surface area contributed by atoms with Gasteiger partial charge in [0.05, 0.1) is 0 Å². The Morgan fingerprint density at radius 2 is 1.28 bits per heavy atom. The molecule has 10 heteroatoms. The number of carbonyl (C=O) groups excluding carboxylic acids is 3. The van der Waals surface area contributed by atoms with Crippen LogP contribution < -0.4 is 5.32 Å². The average Bonchev–Trinajstić information content (AvgIpc) is 2.50. The summed E-state index contributed by atoms with van der Waals surface area (Å²) < 4.78 is 67.0. The monoisotopic (exact) mass is 371 g/mol. The van der Waals surface area contributed by atoms with Crippen LogP contribution in [-0.2, 0) is 20.9 Å². The molecular weight excluding hydrogens is 356 g/mol. The van der Waals surface area contributed by atoms with Crippen molar-refractivity contribution >= 4 is 17.5 Å². The van der Waals surface area contributed by atoms with Crippen molar-refractivity contribution in [3.8, 4) is 0 Å². The molecule has 0 unspecified atom stereocenters. The lowest BCUT2D eigenvalue weighted by atomic mass is 10.2. The van der Waals surface area contributed by atoms with Gasteiger partial charge < -0.3 is 5.32 Å². The first-order chi connectivity index (χ1) is 11.3. The number of nitrogens with one attached hydrogen (secondary N) is 1. The molecule has 0 radical (unpaired) electrons. The van der Waals surface area contributed by atoms with Crippen LogP contribution in [-0.4, -0.2) is 29.8 Å². The van der Waals surface area contributed by atoms with Crippen LogP contribution in [0.1, 0.15) is 19.4 Å². The molecular formula is C15H15F6NO3. The molecule has 25 heavy (non-hydrogen) atoms. The molecule has 0 heterocycles. The van der Waals surface area contributed by atoms with Gasteiger partial charge in [-0.3, -0.25) is 14.4 Å². The van der Waals surface area contributed by atoms with E-state index in [1.54, 1.807) is 0 Å². The third-order valence-corrected chi connectivity index (χ3v) is 2.56. The van der Waals surface area contributed by atoms with Crippen molar-refractivity contribution in [2.24, 2.45) is 5.92 Å². The van der Waals surface area contributed by atoms with Crippen LogP contribution in [0.2, 0.25) is 0 Å². The van der Waals surface area contributed by atoms with E-state index < -0.39 is 23.9 Å². The molecule has 0 saturated carbocycles. The lowest BCUT2D eigenvalue weighted by Gasteiger charge is -2.06. The number of carbonyl (C=O) groups is 3. The first kappa shape index (κ1) is 22.6. The second-order valence-electron chi connectivity index (χ2n) is 5.01. The molecule has 140 valence electrons. The van der Waals surface area contributed by atoms with Gasteiger partial charge in [-0.25, -0.2) is 0 Å². The van der Waals surface area contributed by atoms with Crippen molar-refractivity contribution in [1.29, 1.82) is 0 Å². The van der Waals surface area contributed by atoms with Crippen molar-refractivity contribution in [2.75, 3.05) is 0 Å². The Bertz CT molecular complexity index is 570. The Kier molecular flexibility index (Phi) is 8.31. The highest BCUT2D eigenvalue weighted by atomic mass is 19.4. The molecule has 4 nitrogen and oxygen atoms in total. The number of benzene rings is 1. The molecule has 0 fully saturated rings. The molecule has 0 spiro atoms. The Morgan fingerprint density at radius 1 is 0.880 bits per heavy atom. The molecule has 0 aliphatic heterocycles. The van der Waals surface area contributed by atoms with Crippen LogP contribution in [0.3, 0.4) is 0 Å². The molecule has 0 aliphatic rings. The molecule has 1 N–H and O–H groups in total. The van der Waals surface area contributed by atoms with Crippen molar-refractivity contribution < 1.29 is 40.7 Å². The van der Waals surface area contributed by atoms with E-state index in [0.29, 0.717) is 6.54 Å². The quantitative estimate of drug-likeness (QED) is 0.653. The summed E-state index contributed by atoms with van der Waals surface area (Å²) in [6.45, 7) is 4.40. The third-order valence-electron chi connectivity index (χ3n) is 2.56. The fraction of sp³-hybridized carbons (Fsp3) is 0.400. The normalized spacial score (nSPS) is 11.4. The van der Waals surface area contributed by atoms with Crippen LogP contribution in [0.15, 0.2) is 30.3 Å². The highest BCUT2D eigenvalue weighted by Gasteiger charge is 2.54. The summed E-state index contributed by atoms with van der Waals surface area (Å²) in [5.74, 6) is -6.66. The first-order valence-corrected chi connectivity index (χ1v) is 6.81. The maximum Gasteiger partial charge on any atom is 0.458 e. The molecule has 0 aromatic heterocycles. The summed E-state index contributed by atoms with van der Waals surface area (Å²) in [7, 11) is 0. The van der Waals surface area contributed by atoms with Gasteiger partial charge in [0.15, 0.2) is 0 Å². The molecule has 1 rings (SSSR count). The van der Waals surface area contributed by atoms with Crippen molar-refractivity contribution in [1.82, 2.24) is 5.32 Å². The number of hydrogen-bond donors (Lipinski definition) is 1. The molecule has 0 atom stereocenters. The zero-order valence-electron chi connectivity index (χ0n) is 13.2. The minimum Gasteiger partial charge on any atom is -0.352 e. The van der Waals surface area contributed by atoms with Crippen LogP contribution in [0.5, 0.6) is 0 Å². The van der Waals surface area contributed by atoms with Gasteiger partial charge in [-0.15, -0.1) is 0 Å². The standard InChI is InChI=1S/C11H15NO.C4F6O2/c1-9(2)11(13)12-8-10-6-4-3-5-7-10;5-3(6,7)1(11)2(12)4(8,9)10/h3-7,9H,8H2,1-2H3,(H,12,13);. The second kappa shape index (κ2) is 9.19. The number of Topliss-reactive ketones (excluding diaryl/α,β-unsaturated/α-hetero) is 2. The predicted molar refractivity (Wildman–Crippen MR) is 75.3 cm³/mol. The van der Waals surface area contributed by atoms with Gasteiger partial charge in [0.1, 0.15) is 0 Å². The van der Waals surface area contributed by atoms with Gasteiger partial charge in [0, 0.05) is 12.5 Å². The van der Waals surface area contributed by atoms with E-state index >= 15 is 0 Å². The molecule has 0 bridgehead atoms. The summed E-state index contributed by atoms with van der Waals surface area (Å²) in [5.41, 5.74) is 1.14. The summed E-state index contributed by atoms with van der Waals surface area (Å²) in [5, 5.41) is 2.86. The van der Waals surface area contributed by atoms with Gasteiger partial charge >= 0.3 is 23.9 Å². The maximum atomic E-state index is 11.2. The number of rotatable bonds is 4. The number of amides is 1. The van der Waals surface area contributed by atoms with Gasteiger partial charge in [0.25, 0.3) is 0 Å². The number of ketones is 2. The van der Waals surface area contributed by atoms with Crippen molar-refractivity contribution in [2.45, 2.75) is 32.7 Å². The average molecular weight is 371 g/mol. The summed E-state index contributed by atoms with van der Waals surface area (Å²) in [6, 6.07) is 9.91. The Morgan fingerprint density at radius 3 is 1.60 bits per heavy atom. The third kappa shape index (κ3) is 8.87. The molecule has 0 aliphatic carbocycles. The van der Waals surface area contributed by atoms with E-state index in [9.17, 15) is 40.7 Å². The zero-order valence-corrected chi connectivity index (χ0v) is 13.2. The molecule has 0 saturated heterocycles. The van der Waals surface area contributed by atoms with E-state index in [4.69, 9.17) is 0 Å². The molecule has 1 amide bonds. The van der Waals surface area contributed by atoms with Crippen molar-refractivity contribution in [3.63, 3.8) is 0 Å². The molecule has 1 aromatic rings.